The van der Waals surface area contributed by atoms with Crippen LogP contribution in [0.2, 0.25) is 0 Å². The molecule has 0 aromatic carbocycles. The van der Waals surface area contributed by atoms with Crippen LogP contribution in [0.5, 0.6) is 0 Å². The Morgan fingerprint density at radius 2 is 2.05 bits per heavy atom. The Morgan fingerprint density at radius 1 is 1.30 bits per heavy atom. The van der Waals surface area contributed by atoms with Gasteiger partial charge in [-0.3, -0.25) is 4.79 Å². The van der Waals surface area contributed by atoms with Gasteiger partial charge in [0.05, 0.1) is 11.8 Å². The summed E-state index contributed by atoms with van der Waals surface area (Å²) in [5.74, 6) is 3.36. The van der Waals surface area contributed by atoms with E-state index in [1.807, 2.05) is 23.5 Å². The van der Waals surface area contributed by atoms with Crippen molar-refractivity contribution in [1.82, 2.24) is 9.80 Å². The van der Waals surface area contributed by atoms with Gasteiger partial charge in [0.15, 0.2) is 0 Å². The lowest BCUT2D eigenvalue weighted by Crippen LogP contribution is -2.47. The molecule has 3 nitrogen and oxygen atoms in total. The van der Waals surface area contributed by atoms with Crippen molar-refractivity contribution in [3.63, 3.8) is 0 Å². The monoisotopic (exact) mass is 316 g/mol. The van der Waals surface area contributed by atoms with Crippen LogP contribution >= 0.6 is 23.5 Å². The van der Waals surface area contributed by atoms with Crippen LogP contribution in [0.4, 0.5) is 0 Å². The molecule has 0 radical (unpaired) electrons. The van der Waals surface area contributed by atoms with E-state index >= 15 is 0 Å². The molecular formula is C15H28N2OS2. The Kier molecular flexibility index (Phi) is 7.05. The summed E-state index contributed by atoms with van der Waals surface area (Å²) < 4.78 is 0. The molecule has 1 heterocycles. The van der Waals surface area contributed by atoms with Crippen molar-refractivity contribution < 1.29 is 4.79 Å². The SMILES string of the molecule is CN(C)CC1CSCCCN1C(=O)CSC1CCCC1. The summed E-state index contributed by atoms with van der Waals surface area (Å²) >= 11 is 3.90. The molecule has 2 fully saturated rings. The minimum absolute atomic E-state index is 0.372. The molecule has 0 N–H and O–H groups in total. The van der Waals surface area contributed by atoms with E-state index in [9.17, 15) is 4.79 Å². The predicted octanol–water partition coefficient (Wildman–Crippen LogP) is 2.56. The maximum atomic E-state index is 12.6. The third-order valence-corrected chi connectivity index (χ3v) is 6.63. The number of carbonyl (C=O) groups is 1. The van der Waals surface area contributed by atoms with Crippen LogP contribution in [0, 0.1) is 0 Å². The highest BCUT2D eigenvalue weighted by Crippen LogP contribution is 2.30. The number of hydrogen-bond acceptors (Lipinski definition) is 4. The van der Waals surface area contributed by atoms with Gasteiger partial charge in [-0.2, -0.15) is 11.8 Å². The molecule has 2 rings (SSSR count). The largest absolute Gasteiger partial charge is 0.337 e. The summed E-state index contributed by atoms with van der Waals surface area (Å²) in [7, 11) is 4.21. The van der Waals surface area contributed by atoms with Crippen molar-refractivity contribution in [1.29, 1.82) is 0 Å². The molecule has 20 heavy (non-hydrogen) atoms. The van der Waals surface area contributed by atoms with Gasteiger partial charge in [0, 0.05) is 24.1 Å². The van der Waals surface area contributed by atoms with Gasteiger partial charge >= 0.3 is 0 Å². The lowest BCUT2D eigenvalue weighted by molar-refractivity contribution is -0.130. The first-order valence-electron chi connectivity index (χ1n) is 7.80. The summed E-state index contributed by atoms with van der Waals surface area (Å²) in [6.45, 7) is 1.95. The van der Waals surface area contributed by atoms with Gasteiger partial charge < -0.3 is 9.80 Å². The maximum Gasteiger partial charge on any atom is 0.232 e. The fourth-order valence-electron chi connectivity index (χ4n) is 3.06. The Morgan fingerprint density at radius 3 is 2.75 bits per heavy atom. The van der Waals surface area contributed by atoms with Crippen LogP contribution in [0.3, 0.4) is 0 Å². The Bertz CT molecular complexity index is 306. The van der Waals surface area contributed by atoms with Gasteiger partial charge in [0.1, 0.15) is 0 Å². The molecule has 0 bridgehead atoms. The first kappa shape index (κ1) is 16.5. The molecule has 1 unspecified atom stereocenters. The molecule has 2 aliphatic rings. The molecule has 5 heteroatoms. The zero-order chi connectivity index (χ0) is 14.4. The molecule has 1 aliphatic heterocycles. The van der Waals surface area contributed by atoms with E-state index in [4.69, 9.17) is 0 Å². The minimum Gasteiger partial charge on any atom is -0.337 e. The molecule has 0 aromatic heterocycles. The lowest BCUT2D eigenvalue weighted by Gasteiger charge is -2.32. The van der Waals surface area contributed by atoms with Gasteiger partial charge in [0.25, 0.3) is 0 Å². The Hall–Kier alpha value is 0.130. The zero-order valence-corrected chi connectivity index (χ0v) is 14.5. The highest BCUT2D eigenvalue weighted by molar-refractivity contribution is 8.00. The summed E-state index contributed by atoms with van der Waals surface area (Å²) in [4.78, 5) is 17.0. The second-order valence-corrected chi connectivity index (χ2v) is 8.59. The van der Waals surface area contributed by atoms with E-state index in [2.05, 4.69) is 23.9 Å². The smallest absolute Gasteiger partial charge is 0.232 e. The molecular weight excluding hydrogens is 288 g/mol. The average molecular weight is 317 g/mol. The van der Waals surface area contributed by atoms with Gasteiger partial charge in [0.2, 0.25) is 5.91 Å². The minimum atomic E-state index is 0.372. The molecule has 1 aliphatic carbocycles. The molecule has 1 atom stereocenters. The van der Waals surface area contributed by atoms with Crippen molar-refractivity contribution in [2.75, 3.05) is 44.4 Å². The first-order valence-corrected chi connectivity index (χ1v) is 10.0. The van der Waals surface area contributed by atoms with Crippen molar-refractivity contribution >= 4 is 29.4 Å². The van der Waals surface area contributed by atoms with E-state index in [1.165, 1.54) is 31.4 Å². The maximum absolute atomic E-state index is 12.6. The van der Waals surface area contributed by atoms with Crippen molar-refractivity contribution in [2.24, 2.45) is 0 Å². The predicted molar refractivity (Wildman–Crippen MR) is 90.7 cm³/mol. The highest BCUT2D eigenvalue weighted by Gasteiger charge is 2.27. The normalized spacial score (nSPS) is 25.1. The van der Waals surface area contributed by atoms with Crippen LogP contribution < -0.4 is 0 Å². The quantitative estimate of drug-likeness (QED) is 0.778. The lowest BCUT2D eigenvalue weighted by atomic mass is 10.2. The number of hydrogen-bond donors (Lipinski definition) is 0. The average Bonchev–Trinajstić information content (AvgIpc) is 2.82. The van der Waals surface area contributed by atoms with E-state index in [0.29, 0.717) is 17.7 Å². The molecule has 0 spiro atoms. The van der Waals surface area contributed by atoms with Crippen molar-refractivity contribution in [3.8, 4) is 0 Å². The van der Waals surface area contributed by atoms with Gasteiger partial charge in [-0.25, -0.2) is 0 Å². The zero-order valence-electron chi connectivity index (χ0n) is 12.8. The van der Waals surface area contributed by atoms with Crippen LogP contribution in [-0.2, 0) is 4.79 Å². The highest BCUT2D eigenvalue weighted by atomic mass is 32.2. The second-order valence-electron chi connectivity index (χ2n) is 6.15. The van der Waals surface area contributed by atoms with Crippen molar-refractivity contribution in [2.45, 2.75) is 43.4 Å². The third-order valence-electron chi connectivity index (χ3n) is 4.08. The van der Waals surface area contributed by atoms with Crippen LogP contribution in [0.1, 0.15) is 32.1 Å². The summed E-state index contributed by atoms with van der Waals surface area (Å²) in [6, 6.07) is 0.397. The second kappa shape index (κ2) is 8.54. The van der Waals surface area contributed by atoms with E-state index in [1.54, 1.807) is 0 Å². The molecule has 1 saturated heterocycles. The van der Waals surface area contributed by atoms with Crippen LogP contribution in [0.25, 0.3) is 0 Å². The number of likely N-dealkylation sites (N-methyl/N-ethyl adjacent to an activating group) is 1. The first-order chi connectivity index (χ1) is 9.66. The Labute approximate surface area is 132 Å². The topological polar surface area (TPSA) is 23.6 Å². The number of thioether (sulfide) groups is 2. The number of amides is 1. The fourth-order valence-corrected chi connectivity index (χ4v) is 5.33. The van der Waals surface area contributed by atoms with Crippen LogP contribution in [-0.4, -0.2) is 71.4 Å². The van der Waals surface area contributed by atoms with Crippen molar-refractivity contribution in [3.05, 3.63) is 0 Å². The van der Waals surface area contributed by atoms with E-state index in [0.717, 1.165) is 30.5 Å². The van der Waals surface area contributed by atoms with Crippen LogP contribution in [0.15, 0.2) is 0 Å². The summed E-state index contributed by atoms with van der Waals surface area (Å²) in [6.07, 6.45) is 6.49. The third kappa shape index (κ3) is 5.15. The van der Waals surface area contributed by atoms with Gasteiger partial charge in [-0.15, -0.1) is 11.8 Å². The Balaban J connectivity index is 1.85. The standard InChI is InChI=1S/C15H28N2OS2/c1-16(2)10-13-11-19-9-5-8-17(13)15(18)12-20-14-6-3-4-7-14/h13-14H,3-12H2,1-2H3. The summed E-state index contributed by atoms with van der Waals surface area (Å²) in [5, 5.41) is 0.743. The van der Waals surface area contributed by atoms with E-state index in [-0.39, 0.29) is 0 Å². The molecule has 116 valence electrons. The van der Waals surface area contributed by atoms with Gasteiger partial charge in [-0.1, -0.05) is 12.8 Å². The molecule has 0 aromatic rings. The number of rotatable bonds is 5. The summed E-state index contributed by atoms with van der Waals surface area (Å²) in [5.41, 5.74) is 0. The molecule has 1 saturated carbocycles. The number of nitrogens with zero attached hydrogens (tertiary/aromatic N) is 2. The fraction of sp³-hybridized carbons (Fsp3) is 0.933. The van der Waals surface area contributed by atoms with Gasteiger partial charge in [-0.05, 0) is 39.1 Å². The number of carbonyl (C=O) groups excluding carboxylic acids is 1. The molecule has 1 amide bonds. The van der Waals surface area contributed by atoms with E-state index < -0.39 is 0 Å².